The van der Waals surface area contributed by atoms with Gasteiger partial charge in [0, 0.05) is 12.7 Å². The van der Waals surface area contributed by atoms with E-state index in [1.165, 1.54) is 4.80 Å². The topological polar surface area (TPSA) is 82.5 Å². The zero-order chi connectivity index (χ0) is 10.7. The fourth-order valence-corrected chi connectivity index (χ4v) is 1.38. The number of hydrogen-bond acceptors (Lipinski definition) is 5. The van der Waals surface area contributed by atoms with Crippen LogP contribution < -0.4 is 5.73 Å². The summed E-state index contributed by atoms with van der Waals surface area (Å²) in [7, 11) is 1.72. The molecule has 6 heteroatoms. The number of nitrogens with zero attached hydrogens (tertiary/aromatic N) is 5. The van der Waals surface area contributed by atoms with Gasteiger partial charge < -0.3 is 5.73 Å². The molecule has 2 aromatic heterocycles. The zero-order valence-corrected chi connectivity index (χ0v) is 8.41. The molecule has 2 N–H and O–H groups in total. The maximum Gasteiger partial charge on any atom is 0.185 e. The molecule has 1 atom stereocenters. The van der Waals surface area contributed by atoms with Crippen LogP contribution in [-0.2, 0) is 7.05 Å². The van der Waals surface area contributed by atoms with E-state index in [4.69, 9.17) is 5.73 Å². The van der Waals surface area contributed by atoms with Gasteiger partial charge in [-0.3, -0.25) is 4.98 Å². The average Bonchev–Trinajstić information content (AvgIpc) is 2.68. The van der Waals surface area contributed by atoms with Crippen LogP contribution in [0, 0.1) is 0 Å². The Morgan fingerprint density at radius 2 is 2.33 bits per heavy atom. The van der Waals surface area contributed by atoms with E-state index in [2.05, 4.69) is 20.4 Å². The predicted molar refractivity (Wildman–Crippen MR) is 53.9 cm³/mol. The number of nitrogens with two attached hydrogens (primary N) is 1. The highest BCUT2D eigenvalue weighted by Crippen LogP contribution is 2.16. The van der Waals surface area contributed by atoms with Gasteiger partial charge in [-0.05, 0) is 17.3 Å². The van der Waals surface area contributed by atoms with Gasteiger partial charge in [0.2, 0.25) is 0 Å². The van der Waals surface area contributed by atoms with Gasteiger partial charge in [-0.1, -0.05) is 6.07 Å². The molecule has 0 bridgehead atoms. The minimum absolute atomic E-state index is 0.0834. The standard InChI is InChI=1S/C9H12N6/c1-15-13-9(12-14-15)7(6-10)8-4-2-3-5-11-8/h2-5,7H,6,10H2,1H3. The van der Waals surface area contributed by atoms with Gasteiger partial charge in [0.05, 0.1) is 18.7 Å². The van der Waals surface area contributed by atoms with E-state index in [1.54, 1.807) is 13.2 Å². The van der Waals surface area contributed by atoms with Gasteiger partial charge in [0.25, 0.3) is 0 Å². The molecular weight excluding hydrogens is 192 g/mol. The van der Waals surface area contributed by atoms with E-state index in [-0.39, 0.29) is 5.92 Å². The van der Waals surface area contributed by atoms with E-state index in [0.29, 0.717) is 12.4 Å². The summed E-state index contributed by atoms with van der Waals surface area (Å²) in [6.07, 6.45) is 1.73. The van der Waals surface area contributed by atoms with Crippen molar-refractivity contribution in [3.8, 4) is 0 Å². The van der Waals surface area contributed by atoms with Gasteiger partial charge >= 0.3 is 0 Å². The van der Waals surface area contributed by atoms with Gasteiger partial charge in [-0.15, -0.1) is 10.2 Å². The molecule has 2 heterocycles. The number of aromatic nitrogens is 5. The maximum atomic E-state index is 5.69. The summed E-state index contributed by atoms with van der Waals surface area (Å²) in [5.41, 5.74) is 6.56. The lowest BCUT2D eigenvalue weighted by atomic mass is 10.0. The maximum absolute atomic E-state index is 5.69. The fourth-order valence-electron chi connectivity index (χ4n) is 1.38. The summed E-state index contributed by atoms with van der Waals surface area (Å²) >= 11 is 0. The molecule has 2 aromatic rings. The molecular formula is C9H12N6. The van der Waals surface area contributed by atoms with Crippen LogP contribution >= 0.6 is 0 Å². The summed E-state index contributed by atoms with van der Waals surface area (Å²) < 4.78 is 0. The first-order chi connectivity index (χ1) is 7.31. The highest BCUT2D eigenvalue weighted by Gasteiger charge is 2.18. The normalized spacial score (nSPS) is 12.7. The Hall–Kier alpha value is -1.82. The van der Waals surface area contributed by atoms with Crippen LogP contribution in [0.15, 0.2) is 24.4 Å². The van der Waals surface area contributed by atoms with E-state index in [0.717, 1.165) is 5.69 Å². The van der Waals surface area contributed by atoms with Crippen LogP contribution in [0.4, 0.5) is 0 Å². The summed E-state index contributed by atoms with van der Waals surface area (Å²) in [5.74, 6) is 0.526. The van der Waals surface area contributed by atoms with Gasteiger partial charge in [-0.25, -0.2) is 0 Å². The first-order valence-electron chi connectivity index (χ1n) is 4.66. The van der Waals surface area contributed by atoms with Crippen LogP contribution in [0.2, 0.25) is 0 Å². The van der Waals surface area contributed by atoms with Crippen molar-refractivity contribution in [2.75, 3.05) is 6.54 Å². The van der Waals surface area contributed by atoms with Crippen molar-refractivity contribution in [1.82, 2.24) is 25.2 Å². The molecule has 15 heavy (non-hydrogen) atoms. The molecule has 0 spiro atoms. The highest BCUT2D eigenvalue weighted by molar-refractivity contribution is 5.17. The highest BCUT2D eigenvalue weighted by atomic mass is 15.6. The molecule has 0 saturated carbocycles. The number of pyridine rings is 1. The molecule has 0 aliphatic carbocycles. The second-order valence-electron chi connectivity index (χ2n) is 3.18. The monoisotopic (exact) mass is 204 g/mol. The first-order valence-corrected chi connectivity index (χ1v) is 4.66. The molecule has 0 fully saturated rings. The molecule has 0 amide bonds. The third kappa shape index (κ3) is 1.99. The van der Waals surface area contributed by atoms with Crippen molar-refractivity contribution in [3.63, 3.8) is 0 Å². The largest absolute Gasteiger partial charge is 0.329 e. The Labute approximate surface area is 87.1 Å². The summed E-state index contributed by atoms with van der Waals surface area (Å²) in [6.45, 7) is 0.419. The summed E-state index contributed by atoms with van der Waals surface area (Å²) in [5, 5.41) is 11.9. The van der Waals surface area contributed by atoms with Crippen LogP contribution in [0.1, 0.15) is 17.4 Å². The Morgan fingerprint density at radius 3 is 2.87 bits per heavy atom. The van der Waals surface area contributed by atoms with Crippen molar-refractivity contribution in [1.29, 1.82) is 0 Å². The molecule has 1 unspecified atom stereocenters. The third-order valence-electron chi connectivity index (χ3n) is 2.12. The van der Waals surface area contributed by atoms with Gasteiger partial charge in [0.1, 0.15) is 0 Å². The second kappa shape index (κ2) is 4.14. The van der Waals surface area contributed by atoms with E-state index in [1.807, 2.05) is 18.2 Å². The molecule has 6 nitrogen and oxygen atoms in total. The Bertz CT molecular complexity index is 423. The molecule has 0 aromatic carbocycles. The van der Waals surface area contributed by atoms with Crippen LogP contribution in [0.3, 0.4) is 0 Å². The lowest BCUT2D eigenvalue weighted by Crippen LogP contribution is -2.16. The van der Waals surface area contributed by atoms with Gasteiger partial charge in [0.15, 0.2) is 5.82 Å². The lowest BCUT2D eigenvalue weighted by molar-refractivity contribution is 0.623. The van der Waals surface area contributed by atoms with Crippen molar-refractivity contribution in [2.45, 2.75) is 5.92 Å². The molecule has 78 valence electrons. The minimum Gasteiger partial charge on any atom is -0.329 e. The van der Waals surface area contributed by atoms with Crippen molar-refractivity contribution < 1.29 is 0 Å². The number of hydrogen-bond donors (Lipinski definition) is 1. The van der Waals surface area contributed by atoms with Crippen molar-refractivity contribution >= 4 is 0 Å². The van der Waals surface area contributed by atoms with Crippen LogP contribution in [-0.4, -0.2) is 31.7 Å². The molecule has 0 aliphatic rings. The van der Waals surface area contributed by atoms with E-state index >= 15 is 0 Å². The first kappa shape index (κ1) is 9.72. The predicted octanol–water partition coefficient (Wildman–Crippen LogP) is -0.304. The van der Waals surface area contributed by atoms with E-state index < -0.39 is 0 Å². The fraction of sp³-hybridized carbons (Fsp3) is 0.333. The summed E-state index contributed by atoms with van der Waals surface area (Å²) in [6, 6.07) is 5.69. The lowest BCUT2D eigenvalue weighted by Gasteiger charge is -2.08. The number of tetrazole rings is 1. The molecule has 0 aliphatic heterocycles. The Morgan fingerprint density at radius 1 is 1.47 bits per heavy atom. The third-order valence-corrected chi connectivity index (χ3v) is 2.12. The quantitative estimate of drug-likeness (QED) is 0.742. The molecule has 0 radical (unpaired) electrons. The van der Waals surface area contributed by atoms with Gasteiger partial charge in [-0.2, -0.15) is 4.80 Å². The SMILES string of the molecule is Cn1nnc(C(CN)c2ccccn2)n1. The summed E-state index contributed by atoms with van der Waals surface area (Å²) in [4.78, 5) is 5.66. The number of rotatable bonds is 3. The average molecular weight is 204 g/mol. The Balaban J connectivity index is 2.33. The molecule has 0 saturated heterocycles. The smallest absolute Gasteiger partial charge is 0.185 e. The Kier molecular flexibility index (Phi) is 2.68. The van der Waals surface area contributed by atoms with E-state index in [9.17, 15) is 0 Å². The van der Waals surface area contributed by atoms with Crippen LogP contribution in [0.5, 0.6) is 0 Å². The minimum atomic E-state index is -0.0834. The van der Waals surface area contributed by atoms with Crippen molar-refractivity contribution in [3.05, 3.63) is 35.9 Å². The van der Waals surface area contributed by atoms with Crippen molar-refractivity contribution in [2.24, 2.45) is 12.8 Å². The zero-order valence-electron chi connectivity index (χ0n) is 8.41. The van der Waals surface area contributed by atoms with Crippen LogP contribution in [0.25, 0.3) is 0 Å². The second-order valence-corrected chi connectivity index (χ2v) is 3.18. The molecule has 2 rings (SSSR count). The number of aryl methyl sites for hydroxylation is 1.